The first kappa shape index (κ1) is 53.2. The molecule has 0 aliphatic heterocycles. The Labute approximate surface area is 407 Å². The summed E-state index contributed by atoms with van der Waals surface area (Å²) >= 11 is 25.3. The predicted octanol–water partition coefficient (Wildman–Crippen LogP) is 15.4. The molecule has 352 valence electrons. The highest BCUT2D eigenvalue weighted by Crippen LogP contribution is 2.46. The van der Waals surface area contributed by atoms with E-state index in [-0.39, 0.29) is 58.7 Å². The topological polar surface area (TPSA) is 83.0 Å². The number of rotatable bonds is 14. The molecule has 4 aromatic carbocycles. The van der Waals surface area contributed by atoms with Crippen LogP contribution in [0.4, 0.5) is 0 Å². The highest BCUT2D eigenvalue weighted by molar-refractivity contribution is 6.74. The maximum Gasteiger partial charge on any atom is 0.193 e. The number of hydrogen-bond acceptors (Lipinski definition) is 6. The van der Waals surface area contributed by atoms with Crippen LogP contribution < -0.4 is 10.6 Å². The van der Waals surface area contributed by atoms with E-state index in [0.29, 0.717) is 20.1 Å². The lowest BCUT2D eigenvalue weighted by Gasteiger charge is -2.43. The van der Waals surface area contributed by atoms with Crippen LogP contribution in [0.1, 0.15) is 139 Å². The van der Waals surface area contributed by atoms with Crippen LogP contribution in [-0.4, -0.2) is 51.1 Å². The Morgan fingerprint density at radius 1 is 0.484 bits per heavy atom. The summed E-state index contributed by atoms with van der Waals surface area (Å²) in [5.41, 5.74) is 4.27. The van der Waals surface area contributed by atoms with Crippen molar-refractivity contribution in [2.24, 2.45) is 0 Å². The third-order valence-electron chi connectivity index (χ3n) is 14.1. The predicted molar refractivity (Wildman–Crippen MR) is 276 cm³/mol. The number of hydrogen-bond donors (Lipinski definition) is 4. The Kier molecular flexibility index (Phi) is 19.1. The monoisotopic (exact) mass is 986 g/mol. The fourth-order valence-electron chi connectivity index (χ4n) is 8.14. The highest BCUT2D eigenvalue weighted by Gasteiger charge is 2.44. The molecule has 12 heteroatoms. The van der Waals surface area contributed by atoms with Gasteiger partial charge < -0.3 is 29.7 Å². The maximum absolute atomic E-state index is 10.7. The van der Waals surface area contributed by atoms with Gasteiger partial charge in [0.05, 0.1) is 36.5 Å². The molecule has 2 saturated carbocycles. The minimum absolute atomic E-state index is 0.0223. The molecule has 0 spiro atoms. The van der Waals surface area contributed by atoms with Crippen LogP contribution in [0.15, 0.2) is 97.1 Å². The molecule has 2 fully saturated rings. The lowest BCUT2D eigenvalue weighted by molar-refractivity contribution is 0.0619. The number of halogens is 4. The van der Waals surface area contributed by atoms with Gasteiger partial charge in [-0.05, 0) is 133 Å². The summed E-state index contributed by atoms with van der Waals surface area (Å²) in [6.45, 7) is 22.6. The Morgan fingerprint density at radius 3 is 1.11 bits per heavy atom. The molecule has 4 N–H and O–H groups in total. The first-order chi connectivity index (χ1) is 30.0. The van der Waals surface area contributed by atoms with Crippen LogP contribution in [0.2, 0.25) is 56.4 Å². The number of nitrogens with one attached hydrogen (secondary N) is 2. The summed E-state index contributed by atoms with van der Waals surface area (Å²) in [5, 5.41) is 32.0. The van der Waals surface area contributed by atoms with E-state index in [1.165, 1.54) is 0 Å². The van der Waals surface area contributed by atoms with Crippen molar-refractivity contribution in [3.05, 3.63) is 139 Å². The summed E-state index contributed by atoms with van der Waals surface area (Å²) in [5.74, 6) is 0. The molecule has 6 rings (SSSR count). The van der Waals surface area contributed by atoms with Crippen LogP contribution in [0.5, 0.6) is 0 Å². The van der Waals surface area contributed by atoms with Crippen molar-refractivity contribution in [2.45, 2.75) is 178 Å². The van der Waals surface area contributed by atoms with Gasteiger partial charge in [0.1, 0.15) is 0 Å². The standard InChI is InChI=1S/2C26H37Cl2NO2Si/c2*1-26(2,3)32(4,5)31-25(19-9-8-10-21(28)17-19)24(18-13-15-20(27)16-14-18)29-22-11-6-7-12-23(22)30/h2*8-10,13-17,22-25,29-30H,6-7,11-12H2,1-5H3/t22-,23-,24+,25+;22-,23-,24-,25-/m01/s1. The van der Waals surface area contributed by atoms with E-state index >= 15 is 0 Å². The van der Waals surface area contributed by atoms with E-state index in [2.05, 4.69) is 115 Å². The van der Waals surface area contributed by atoms with Crippen molar-refractivity contribution >= 4 is 63.0 Å². The fourth-order valence-corrected chi connectivity index (χ4v) is 11.3. The molecule has 0 saturated heterocycles. The van der Waals surface area contributed by atoms with Gasteiger partial charge in [-0.25, -0.2) is 0 Å². The molecule has 0 aromatic heterocycles. The first-order valence-electron chi connectivity index (χ1n) is 23.2. The molecule has 8 atom stereocenters. The third kappa shape index (κ3) is 14.6. The normalized spacial score (nSPS) is 21.9. The highest BCUT2D eigenvalue weighted by atomic mass is 35.5. The van der Waals surface area contributed by atoms with E-state index in [4.69, 9.17) is 55.3 Å². The van der Waals surface area contributed by atoms with Gasteiger partial charge in [-0.3, -0.25) is 0 Å². The smallest absolute Gasteiger partial charge is 0.193 e. The average molecular weight is 989 g/mol. The number of benzene rings is 4. The van der Waals surface area contributed by atoms with Crippen LogP contribution in [0, 0.1) is 0 Å². The molecular formula is C52H74Cl4N2O4Si2. The summed E-state index contributed by atoms with van der Waals surface area (Å²) in [7, 11) is -4.26. The largest absolute Gasteiger partial charge is 0.408 e. The average Bonchev–Trinajstić information content (AvgIpc) is 3.22. The van der Waals surface area contributed by atoms with Gasteiger partial charge in [-0.15, -0.1) is 0 Å². The van der Waals surface area contributed by atoms with E-state index in [0.717, 1.165) is 73.6 Å². The molecule has 0 radical (unpaired) electrons. The van der Waals surface area contributed by atoms with Crippen LogP contribution >= 0.6 is 46.4 Å². The van der Waals surface area contributed by atoms with Crippen molar-refractivity contribution in [3.8, 4) is 0 Å². The lowest BCUT2D eigenvalue weighted by atomic mass is 9.89. The van der Waals surface area contributed by atoms with Gasteiger partial charge in [0.15, 0.2) is 16.6 Å². The molecule has 0 heterocycles. The van der Waals surface area contributed by atoms with Gasteiger partial charge in [0.25, 0.3) is 0 Å². The van der Waals surface area contributed by atoms with Gasteiger partial charge in [-0.2, -0.15) is 0 Å². The summed E-state index contributed by atoms with van der Waals surface area (Å²) in [6.07, 6.45) is 6.74. The third-order valence-corrected chi connectivity index (χ3v) is 24.0. The zero-order valence-electron chi connectivity index (χ0n) is 39.7. The quantitative estimate of drug-likeness (QED) is 0.0943. The Bertz CT molecular complexity index is 1910. The van der Waals surface area contributed by atoms with E-state index in [1.807, 2.05) is 60.7 Å². The van der Waals surface area contributed by atoms with E-state index in [1.54, 1.807) is 0 Å². The zero-order valence-corrected chi connectivity index (χ0v) is 44.8. The van der Waals surface area contributed by atoms with Crippen molar-refractivity contribution in [1.82, 2.24) is 10.6 Å². The van der Waals surface area contributed by atoms with Crippen molar-refractivity contribution in [2.75, 3.05) is 0 Å². The second-order valence-corrected chi connectivity index (χ2v) is 32.3. The molecule has 2 aliphatic carbocycles. The number of aliphatic hydroxyl groups is 2. The molecule has 4 aromatic rings. The van der Waals surface area contributed by atoms with Gasteiger partial charge >= 0.3 is 0 Å². The molecule has 2 aliphatic rings. The van der Waals surface area contributed by atoms with Gasteiger partial charge in [0.2, 0.25) is 0 Å². The Morgan fingerprint density at radius 2 is 0.812 bits per heavy atom. The summed E-state index contributed by atoms with van der Waals surface area (Å²) < 4.78 is 14.1. The van der Waals surface area contributed by atoms with E-state index < -0.39 is 16.6 Å². The van der Waals surface area contributed by atoms with E-state index in [9.17, 15) is 10.2 Å². The van der Waals surface area contributed by atoms with Gasteiger partial charge in [-0.1, -0.05) is 162 Å². The molecule has 0 amide bonds. The SMILES string of the molecule is CC(C)(C)[Si](C)(C)O[C@H](c1cccc(Cl)c1)[C@H](N[C@@H]1CCCC[C@H]1O)c1ccc(Cl)cc1.CC(C)(C)[Si](C)(C)O[C@H](c1cccc(Cl)c1)[C@H](N[C@H]1CCCC[C@@H]1O)c1ccc(Cl)cc1. The van der Waals surface area contributed by atoms with Crippen molar-refractivity contribution in [3.63, 3.8) is 0 Å². The second-order valence-electron chi connectivity index (χ2n) is 21.0. The minimum Gasteiger partial charge on any atom is -0.408 e. The molecule has 64 heavy (non-hydrogen) atoms. The molecule has 0 unspecified atom stereocenters. The number of aliphatic hydroxyl groups excluding tert-OH is 2. The summed E-state index contributed by atoms with van der Waals surface area (Å²) in [4.78, 5) is 0. The van der Waals surface area contributed by atoms with Crippen LogP contribution in [0.3, 0.4) is 0 Å². The molecule has 0 bridgehead atoms. The maximum atomic E-state index is 10.7. The fraction of sp³-hybridized carbons (Fsp3) is 0.538. The zero-order chi connectivity index (χ0) is 47.0. The minimum atomic E-state index is -2.13. The Balaban J connectivity index is 0.000000241. The van der Waals surface area contributed by atoms with Crippen LogP contribution in [0.25, 0.3) is 0 Å². The summed E-state index contributed by atoms with van der Waals surface area (Å²) in [6, 6.07) is 31.6. The van der Waals surface area contributed by atoms with Crippen LogP contribution in [-0.2, 0) is 8.85 Å². The Hall–Kier alpha value is -1.77. The first-order valence-corrected chi connectivity index (χ1v) is 30.5. The van der Waals surface area contributed by atoms with Crippen molar-refractivity contribution < 1.29 is 19.1 Å². The van der Waals surface area contributed by atoms with Crippen molar-refractivity contribution in [1.29, 1.82) is 0 Å². The van der Waals surface area contributed by atoms with Gasteiger partial charge in [0, 0.05) is 32.2 Å². The molecular weight excluding hydrogens is 915 g/mol. The molecule has 6 nitrogen and oxygen atoms in total. The lowest BCUT2D eigenvalue weighted by Crippen LogP contribution is -2.48. The second kappa shape index (κ2) is 23.0.